The lowest BCUT2D eigenvalue weighted by atomic mass is 10.1. The molecule has 1 fully saturated rings. The third-order valence-corrected chi connectivity index (χ3v) is 2.80. The summed E-state index contributed by atoms with van der Waals surface area (Å²) in [5.41, 5.74) is 0.456. The van der Waals surface area contributed by atoms with Crippen LogP contribution in [0.25, 0.3) is 0 Å². The SMILES string of the molecule is CC(=O)c1ccc(F)cc1OCCC1CC1. The van der Waals surface area contributed by atoms with Gasteiger partial charge in [-0.15, -0.1) is 0 Å². The van der Waals surface area contributed by atoms with E-state index in [-0.39, 0.29) is 11.6 Å². The van der Waals surface area contributed by atoms with Crippen molar-refractivity contribution < 1.29 is 13.9 Å². The molecule has 0 N–H and O–H groups in total. The third kappa shape index (κ3) is 2.81. The highest BCUT2D eigenvalue weighted by atomic mass is 19.1. The van der Waals surface area contributed by atoms with Gasteiger partial charge in [0.05, 0.1) is 12.2 Å². The predicted molar refractivity (Wildman–Crippen MR) is 59.2 cm³/mol. The van der Waals surface area contributed by atoms with Crippen molar-refractivity contribution >= 4 is 5.78 Å². The summed E-state index contributed by atoms with van der Waals surface area (Å²) in [5.74, 6) is 0.676. The highest BCUT2D eigenvalue weighted by molar-refractivity contribution is 5.96. The summed E-state index contributed by atoms with van der Waals surface area (Å²) in [6.45, 7) is 2.02. The molecular weight excluding hydrogens is 207 g/mol. The maximum absolute atomic E-state index is 13.0. The normalized spacial score (nSPS) is 14.9. The molecule has 86 valence electrons. The Balaban J connectivity index is 2.03. The van der Waals surface area contributed by atoms with Gasteiger partial charge < -0.3 is 4.74 Å². The number of carbonyl (C=O) groups is 1. The fourth-order valence-corrected chi connectivity index (χ4v) is 1.65. The Morgan fingerprint density at radius 3 is 2.88 bits per heavy atom. The van der Waals surface area contributed by atoms with Crippen LogP contribution in [0.2, 0.25) is 0 Å². The average Bonchev–Trinajstić information content (AvgIpc) is 3.01. The Morgan fingerprint density at radius 2 is 2.25 bits per heavy atom. The summed E-state index contributed by atoms with van der Waals surface area (Å²) in [6.07, 6.45) is 3.53. The number of rotatable bonds is 5. The zero-order chi connectivity index (χ0) is 11.5. The molecule has 0 bridgehead atoms. The lowest BCUT2D eigenvalue weighted by Gasteiger charge is -2.09. The smallest absolute Gasteiger partial charge is 0.163 e. The van der Waals surface area contributed by atoms with Crippen molar-refractivity contribution in [2.75, 3.05) is 6.61 Å². The molecule has 16 heavy (non-hydrogen) atoms. The molecule has 1 aromatic carbocycles. The van der Waals surface area contributed by atoms with Gasteiger partial charge in [-0.3, -0.25) is 4.79 Å². The van der Waals surface area contributed by atoms with Crippen LogP contribution in [0.15, 0.2) is 18.2 Å². The lowest BCUT2D eigenvalue weighted by Crippen LogP contribution is -2.04. The van der Waals surface area contributed by atoms with Crippen LogP contribution in [0.1, 0.15) is 36.5 Å². The van der Waals surface area contributed by atoms with E-state index in [1.165, 1.54) is 38.0 Å². The highest BCUT2D eigenvalue weighted by Gasteiger charge is 2.21. The van der Waals surface area contributed by atoms with Crippen LogP contribution < -0.4 is 4.74 Å². The third-order valence-electron chi connectivity index (χ3n) is 2.80. The number of Topliss-reactive ketones (excluding diaryl/α,β-unsaturated/α-hetero) is 1. The van der Waals surface area contributed by atoms with Gasteiger partial charge in [-0.25, -0.2) is 4.39 Å². The summed E-state index contributed by atoms with van der Waals surface area (Å²) in [6, 6.07) is 4.04. The number of carbonyl (C=O) groups excluding carboxylic acids is 1. The summed E-state index contributed by atoms with van der Waals surface area (Å²) < 4.78 is 18.5. The van der Waals surface area contributed by atoms with Crippen LogP contribution in [0, 0.1) is 11.7 Å². The predicted octanol–water partition coefficient (Wildman–Crippen LogP) is 3.21. The van der Waals surface area contributed by atoms with Gasteiger partial charge in [0.1, 0.15) is 11.6 Å². The minimum atomic E-state index is -0.369. The molecule has 0 aromatic heterocycles. The van der Waals surface area contributed by atoms with Crippen molar-refractivity contribution in [1.29, 1.82) is 0 Å². The molecule has 0 radical (unpaired) electrons. The Labute approximate surface area is 94.4 Å². The molecule has 0 aliphatic heterocycles. The second-order valence-corrected chi connectivity index (χ2v) is 4.28. The average molecular weight is 222 g/mol. The van der Waals surface area contributed by atoms with E-state index < -0.39 is 0 Å². The van der Waals surface area contributed by atoms with E-state index in [4.69, 9.17) is 4.74 Å². The van der Waals surface area contributed by atoms with Crippen molar-refractivity contribution in [2.45, 2.75) is 26.2 Å². The van der Waals surface area contributed by atoms with E-state index in [0.29, 0.717) is 17.9 Å². The monoisotopic (exact) mass is 222 g/mol. The van der Waals surface area contributed by atoms with E-state index in [9.17, 15) is 9.18 Å². The topological polar surface area (TPSA) is 26.3 Å². The molecular formula is C13H15FO2. The molecule has 0 amide bonds. The number of hydrogen-bond acceptors (Lipinski definition) is 2. The van der Waals surface area contributed by atoms with Crippen LogP contribution in [0.3, 0.4) is 0 Å². The first kappa shape index (κ1) is 11.1. The lowest BCUT2D eigenvalue weighted by molar-refractivity contribution is 0.101. The minimum Gasteiger partial charge on any atom is -0.493 e. The molecule has 0 atom stereocenters. The first-order valence-corrected chi connectivity index (χ1v) is 5.60. The number of ketones is 1. The molecule has 3 heteroatoms. The van der Waals surface area contributed by atoms with Gasteiger partial charge >= 0.3 is 0 Å². The maximum atomic E-state index is 13.0. The second-order valence-electron chi connectivity index (χ2n) is 4.28. The molecule has 0 saturated heterocycles. The molecule has 0 heterocycles. The van der Waals surface area contributed by atoms with Gasteiger partial charge in [0, 0.05) is 6.07 Å². The van der Waals surface area contributed by atoms with Crippen LogP contribution in [0.5, 0.6) is 5.75 Å². The molecule has 0 spiro atoms. The molecule has 2 rings (SSSR count). The first-order valence-electron chi connectivity index (χ1n) is 5.60. The molecule has 2 nitrogen and oxygen atoms in total. The maximum Gasteiger partial charge on any atom is 0.163 e. The van der Waals surface area contributed by atoms with Crippen molar-refractivity contribution in [1.82, 2.24) is 0 Å². The fraction of sp³-hybridized carbons (Fsp3) is 0.462. The van der Waals surface area contributed by atoms with Gasteiger partial charge in [-0.05, 0) is 31.4 Å². The largest absolute Gasteiger partial charge is 0.493 e. The van der Waals surface area contributed by atoms with Gasteiger partial charge in [0.25, 0.3) is 0 Å². The van der Waals surface area contributed by atoms with E-state index in [1.54, 1.807) is 0 Å². The Hall–Kier alpha value is -1.38. The van der Waals surface area contributed by atoms with Crippen LogP contribution in [0.4, 0.5) is 4.39 Å². The molecule has 1 saturated carbocycles. The van der Waals surface area contributed by atoms with Crippen molar-refractivity contribution in [3.63, 3.8) is 0 Å². The van der Waals surface area contributed by atoms with Gasteiger partial charge in [0.15, 0.2) is 5.78 Å². The fourth-order valence-electron chi connectivity index (χ4n) is 1.65. The van der Waals surface area contributed by atoms with Crippen LogP contribution >= 0.6 is 0 Å². The Bertz CT molecular complexity index is 397. The van der Waals surface area contributed by atoms with Gasteiger partial charge in [-0.1, -0.05) is 12.8 Å². The number of halogens is 1. The molecule has 0 unspecified atom stereocenters. The number of benzene rings is 1. The zero-order valence-corrected chi connectivity index (χ0v) is 9.33. The number of ether oxygens (including phenoxy) is 1. The summed E-state index contributed by atoms with van der Waals surface area (Å²) in [7, 11) is 0. The Morgan fingerprint density at radius 1 is 1.50 bits per heavy atom. The highest BCUT2D eigenvalue weighted by Crippen LogP contribution is 2.32. The van der Waals surface area contributed by atoms with E-state index in [0.717, 1.165) is 12.3 Å². The molecule has 1 aliphatic rings. The minimum absolute atomic E-state index is 0.0959. The van der Waals surface area contributed by atoms with E-state index in [2.05, 4.69) is 0 Å². The molecule has 1 aliphatic carbocycles. The standard InChI is InChI=1S/C13H15FO2/c1-9(15)12-5-4-11(14)8-13(12)16-7-6-10-2-3-10/h4-5,8,10H,2-3,6-7H2,1H3. The second kappa shape index (κ2) is 4.64. The van der Waals surface area contributed by atoms with Crippen LogP contribution in [-0.4, -0.2) is 12.4 Å². The Kier molecular flexibility index (Phi) is 3.22. The number of hydrogen-bond donors (Lipinski definition) is 0. The summed E-state index contributed by atoms with van der Waals surface area (Å²) in [4.78, 5) is 11.3. The van der Waals surface area contributed by atoms with Crippen molar-refractivity contribution in [3.05, 3.63) is 29.6 Å². The van der Waals surface area contributed by atoms with Crippen molar-refractivity contribution in [3.8, 4) is 5.75 Å². The van der Waals surface area contributed by atoms with E-state index in [1.807, 2.05) is 0 Å². The summed E-state index contributed by atoms with van der Waals surface area (Å²) >= 11 is 0. The van der Waals surface area contributed by atoms with Crippen LogP contribution in [-0.2, 0) is 0 Å². The van der Waals surface area contributed by atoms with E-state index >= 15 is 0 Å². The van der Waals surface area contributed by atoms with Crippen molar-refractivity contribution in [2.24, 2.45) is 5.92 Å². The zero-order valence-electron chi connectivity index (χ0n) is 9.33. The van der Waals surface area contributed by atoms with Gasteiger partial charge in [-0.2, -0.15) is 0 Å². The first-order chi connectivity index (χ1) is 7.66. The molecule has 1 aromatic rings. The van der Waals surface area contributed by atoms with Gasteiger partial charge in [0.2, 0.25) is 0 Å². The quantitative estimate of drug-likeness (QED) is 0.715. The summed E-state index contributed by atoms with van der Waals surface area (Å²) in [5, 5.41) is 0.